The molecule has 4 atom stereocenters. The number of hydrogen-bond donors (Lipinski definition) is 5. The van der Waals surface area contributed by atoms with Gasteiger partial charge in [0.2, 0.25) is 11.5 Å². The van der Waals surface area contributed by atoms with Crippen LogP contribution in [0, 0.1) is 22.0 Å². The first kappa shape index (κ1) is 25.1. The molecular weight excluding hydrogens is 476 g/mol. The maximum Gasteiger partial charge on any atom is 0.313 e. The Labute approximate surface area is 204 Å². The SMILES string of the molecule is CN(C)c1cc([N+](=O)[O-])c(O)c2c1C[C@H]1C[C@H]3C(N(C)C)C(=O)C(C(N)=O)=C(O)[C@@]3(O)C(=O)C1=C2O. The van der Waals surface area contributed by atoms with Gasteiger partial charge in [0.25, 0.3) is 5.91 Å². The Morgan fingerprint density at radius 3 is 2.31 bits per heavy atom. The predicted molar refractivity (Wildman–Crippen MR) is 125 cm³/mol. The van der Waals surface area contributed by atoms with E-state index in [1.165, 1.54) is 19.0 Å². The molecule has 192 valence electrons. The van der Waals surface area contributed by atoms with Gasteiger partial charge in [0, 0.05) is 37.3 Å². The second-order valence-electron chi connectivity index (χ2n) is 9.73. The minimum absolute atomic E-state index is 0.0353. The second kappa shape index (κ2) is 8.03. The summed E-state index contributed by atoms with van der Waals surface area (Å²) in [6.45, 7) is 0. The lowest BCUT2D eigenvalue weighted by Crippen LogP contribution is -2.65. The number of aliphatic hydroxyl groups excluding tert-OH is 2. The molecule has 0 spiro atoms. The molecule has 13 nitrogen and oxygen atoms in total. The highest BCUT2D eigenvalue weighted by atomic mass is 16.6. The maximum absolute atomic E-state index is 13.8. The summed E-state index contributed by atoms with van der Waals surface area (Å²) in [6.07, 6.45) is -0.0377. The summed E-state index contributed by atoms with van der Waals surface area (Å²) in [4.78, 5) is 52.5. The van der Waals surface area contributed by atoms with Crippen LogP contribution in [0.5, 0.6) is 5.75 Å². The number of amides is 1. The number of rotatable bonds is 4. The Balaban J connectivity index is 2.03. The van der Waals surface area contributed by atoms with Gasteiger partial charge in [-0.15, -0.1) is 0 Å². The lowest BCUT2D eigenvalue weighted by molar-refractivity contribution is -0.385. The highest BCUT2D eigenvalue weighted by molar-refractivity contribution is 6.24. The van der Waals surface area contributed by atoms with Crippen LogP contribution in [0.4, 0.5) is 11.4 Å². The highest BCUT2D eigenvalue weighted by Gasteiger charge is 2.64. The molecule has 0 radical (unpaired) electrons. The minimum atomic E-state index is -2.77. The highest BCUT2D eigenvalue weighted by Crippen LogP contribution is 2.54. The molecule has 6 N–H and O–H groups in total. The van der Waals surface area contributed by atoms with Crippen molar-refractivity contribution in [2.75, 3.05) is 33.1 Å². The quantitative estimate of drug-likeness (QED) is 0.209. The molecule has 4 rings (SSSR count). The molecule has 1 aromatic carbocycles. The van der Waals surface area contributed by atoms with E-state index in [0.717, 1.165) is 6.07 Å². The van der Waals surface area contributed by atoms with Gasteiger partial charge in [-0.2, -0.15) is 0 Å². The number of primary amides is 1. The Morgan fingerprint density at radius 1 is 1.19 bits per heavy atom. The number of nitrogens with two attached hydrogens (primary N) is 1. The van der Waals surface area contributed by atoms with Crippen LogP contribution in [0.1, 0.15) is 17.5 Å². The number of nitro benzene ring substituents is 1. The molecular formula is C23H26N4O9. The average molecular weight is 502 g/mol. The fraction of sp³-hybridized carbons (Fsp3) is 0.435. The van der Waals surface area contributed by atoms with Gasteiger partial charge in [0.15, 0.2) is 11.4 Å². The van der Waals surface area contributed by atoms with Crippen LogP contribution >= 0.6 is 0 Å². The van der Waals surface area contributed by atoms with E-state index in [0.29, 0.717) is 11.3 Å². The van der Waals surface area contributed by atoms with Crippen molar-refractivity contribution in [3.8, 4) is 5.75 Å². The number of aliphatic hydroxyl groups is 3. The number of nitrogens with zero attached hydrogens (tertiary/aromatic N) is 3. The van der Waals surface area contributed by atoms with E-state index in [-0.39, 0.29) is 24.0 Å². The van der Waals surface area contributed by atoms with Crippen molar-refractivity contribution in [1.29, 1.82) is 0 Å². The van der Waals surface area contributed by atoms with Gasteiger partial charge in [-0.1, -0.05) is 0 Å². The molecule has 3 aliphatic rings. The summed E-state index contributed by atoms with van der Waals surface area (Å²) < 4.78 is 0. The van der Waals surface area contributed by atoms with Crippen molar-refractivity contribution in [3.05, 3.63) is 44.2 Å². The number of fused-ring (bicyclic) bond motifs is 3. The van der Waals surface area contributed by atoms with Crippen molar-refractivity contribution >= 4 is 34.6 Å². The summed E-state index contributed by atoms with van der Waals surface area (Å²) in [7, 11) is 6.25. The number of nitro groups is 1. The van der Waals surface area contributed by atoms with E-state index in [2.05, 4.69) is 0 Å². The van der Waals surface area contributed by atoms with Crippen molar-refractivity contribution in [1.82, 2.24) is 4.90 Å². The number of phenols is 1. The third-order valence-electron chi connectivity index (χ3n) is 7.36. The molecule has 1 aromatic rings. The monoisotopic (exact) mass is 502 g/mol. The molecule has 0 saturated heterocycles. The summed E-state index contributed by atoms with van der Waals surface area (Å²) in [5.74, 6) is -8.16. The zero-order valence-electron chi connectivity index (χ0n) is 20.0. The van der Waals surface area contributed by atoms with E-state index in [1.54, 1.807) is 19.0 Å². The maximum atomic E-state index is 13.8. The first-order valence-corrected chi connectivity index (χ1v) is 11.0. The first-order chi connectivity index (χ1) is 16.7. The lowest BCUT2D eigenvalue weighted by Gasteiger charge is -2.50. The molecule has 36 heavy (non-hydrogen) atoms. The third kappa shape index (κ3) is 3.12. The normalized spacial score (nSPS) is 27.6. The standard InChI is InChI=1S/C23H26N4O9/c1-25(2)11-7-12(27(35)36)17(28)14-9(11)5-8-6-10-16(26(3)4)19(30)15(22(24)33)21(32)23(10,34)20(31)13(8)18(14)29/h7-8,10,16,28-29,32,34H,5-6H2,1-4H3,(H2,24,33)/t8-,10-,16?,23-/m0/s1. The number of phenolic OH excluding ortho intramolecular Hbond substituents is 1. The Hall–Kier alpha value is -3.97. The van der Waals surface area contributed by atoms with Gasteiger partial charge < -0.3 is 31.1 Å². The molecule has 3 aliphatic carbocycles. The zero-order chi connectivity index (χ0) is 27.0. The van der Waals surface area contributed by atoms with Gasteiger partial charge in [-0.05, 0) is 38.4 Å². The van der Waals surface area contributed by atoms with Crippen LogP contribution in [0.25, 0.3) is 5.76 Å². The van der Waals surface area contributed by atoms with Crippen LogP contribution in [0.2, 0.25) is 0 Å². The number of ketones is 2. The largest absolute Gasteiger partial charge is 0.508 e. The summed E-state index contributed by atoms with van der Waals surface area (Å²) >= 11 is 0. The van der Waals surface area contributed by atoms with Crippen LogP contribution < -0.4 is 10.6 Å². The summed E-state index contributed by atoms with van der Waals surface area (Å²) in [5, 5.41) is 55.8. The van der Waals surface area contributed by atoms with Crippen molar-refractivity contribution in [2.45, 2.75) is 24.5 Å². The van der Waals surface area contributed by atoms with E-state index >= 15 is 0 Å². The first-order valence-electron chi connectivity index (χ1n) is 11.0. The summed E-state index contributed by atoms with van der Waals surface area (Å²) in [6, 6.07) is -0.0329. The molecule has 0 aliphatic heterocycles. The predicted octanol–water partition coefficient (Wildman–Crippen LogP) is -0.0618. The van der Waals surface area contributed by atoms with Gasteiger partial charge in [0.05, 0.1) is 16.5 Å². The van der Waals surface area contributed by atoms with Gasteiger partial charge in [-0.25, -0.2) is 0 Å². The third-order valence-corrected chi connectivity index (χ3v) is 7.36. The van der Waals surface area contributed by atoms with Crippen molar-refractivity contribution in [3.63, 3.8) is 0 Å². The number of anilines is 1. The van der Waals surface area contributed by atoms with E-state index in [1.807, 2.05) is 0 Å². The number of Topliss-reactive ketones (excluding diaryl/α,β-unsaturated/α-hetero) is 2. The number of carbonyl (C=O) groups is 3. The molecule has 1 saturated carbocycles. The van der Waals surface area contributed by atoms with E-state index in [4.69, 9.17) is 5.73 Å². The molecule has 0 heterocycles. The Bertz CT molecular complexity index is 1310. The molecule has 0 bridgehead atoms. The van der Waals surface area contributed by atoms with Crippen LogP contribution in [0.15, 0.2) is 23.0 Å². The number of likely N-dealkylation sites (N-methyl/N-ethyl adjacent to an activating group) is 1. The van der Waals surface area contributed by atoms with Gasteiger partial charge in [-0.3, -0.25) is 29.4 Å². The average Bonchev–Trinajstić information content (AvgIpc) is 2.75. The van der Waals surface area contributed by atoms with Gasteiger partial charge in [0.1, 0.15) is 17.1 Å². The number of benzene rings is 1. The molecule has 1 fully saturated rings. The Morgan fingerprint density at radius 2 is 1.81 bits per heavy atom. The topological polar surface area (TPSA) is 208 Å². The van der Waals surface area contributed by atoms with Crippen LogP contribution in [-0.4, -0.2) is 87.6 Å². The molecule has 1 unspecified atom stereocenters. The minimum Gasteiger partial charge on any atom is -0.508 e. The lowest BCUT2D eigenvalue weighted by atomic mass is 9.57. The van der Waals surface area contributed by atoms with Gasteiger partial charge >= 0.3 is 5.69 Å². The smallest absolute Gasteiger partial charge is 0.313 e. The van der Waals surface area contributed by atoms with E-state index in [9.17, 15) is 44.9 Å². The van der Waals surface area contributed by atoms with Crippen LogP contribution in [-0.2, 0) is 20.8 Å². The molecule has 0 aromatic heterocycles. The van der Waals surface area contributed by atoms with E-state index < -0.39 is 74.4 Å². The zero-order valence-corrected chi connectivity index (χ0v) is 20.0. The van der Waals surface area contributed by atoms with Crippen molar-refractivity contribution in [2.24, 2.45) is 17.6 Å². The second-order valence-corrected chi connectivity index (χ2v) is 9.73. The fourth-order valence-electron chi connectivity index (χ4n) is 5.82. The number of hydrogen-bond acceptors (Lipinski definition) is 11. The Kier molecular flexibility index (Phi) is 5.61. The number of aromatic hydroxyl groups is 1. The molecule has 13 heteroatoms. The fourth-order valence-corrected chi connectivity index (χ4v) is 5.82. The van der Waals surface area contributed by atoms with Crippen molar-refractivity contribution < 1.29 is 39.7 Å². The molecule has 1 amide bonds. The van der Waals surface area contributed by atoms with Crippen LogP contribution in [0.3, 0.4) is 0 Å². The number of carbonyl (C=O) groups excluding carboxylic acids is 3. The summed E-state index contributed by atoms with van der Waals surface area (Å²) in [5.41, 5.74) is 0.875.